The van der Waals surface area contributed by atoms with E-state index in [-0.39, 0.29) is 10.5 Å². The first kappa shape index (κ1) is 13.6. The summed E-state index contributed by atoms with van der Waals surface area (Å²) in [7, 11) is -7.90. The second-order valence-electron chi connectivity index (χ2n) is 3.05. The van der Waals surface area contributed by atoms with Crippen LogP contribution in [-0.4, -0.2) is 33.8 Å². The van der Waals surface area contributed by atoms with Crippen LogP contribution in [0, 0.1) is 5.21 Å². The van der Waals surface area contributed by atoms with Crippen molar-refractivity contribution in [2.24, 2.45) is 0 Å². The fourth-order valence-corrected chi connectivity index (χ4v) is 2.42. The fraction of sp³-hybridized carbons (Fsp3) is 0.429. The summed E-state index contributed by atoms with van der Waals surface area (Å²) in [6, 6.07) is 0. The first-order valence-corrected chi connectivity index (χ1v) is 7.84. The molecule has 17 heavy (non-hydrogen) atoms. The molecule has 0 aliphatic rings. The molecule has 0 saturated heterocycles. The molecule has 0 fully saturated rings. The van der Waals surface area contributed by atoms with E-state index in [2.05, 4.69) is 9.17 Å². The van der Waals surface area contributed by atoms with Crippen molar-refractivity contribution in [1.29, 1.82) is 0 Å². The van der Waals surface area contributed by atoms with Gasteiger partial charge in [0.05, 0.1) is 18.2 Å². The molecule has 0 aromatic carbocycles. The summed E-state index contributed by atoms with van der Waals surface area (Å²) in [6.07, 6.45) is 2.51. The summed E-state index contributed by atoms with van der Waals surface area (Å²) in [6.45, 7) is 1.31. The van der Waals surface area contributed by atoms with Crippen molar-refractivity contribution in [1.82, 2.24) is 4.98 Å². The molecule has 0 atom stereocenters. The molecule has 0 spiro atoms. The van der Waals surface area contributed by atoms with Gasteiger partial charge in [-0.1, -0.05) is 6.92 Å². The van der Waals surface area contributed by atoms with Crippen molar-refractivity contribution in [3.63, 3.8) is 0 Å². The Morgan fingerprint density at radius 3 is 2.47 bits per heavy atom. The van der Waals surface area contributed by atoms with E-state index in [1.54, 1.807) is 0 Å². The fourth-order valence-electron chi connectivity index (χ4n) is 0.986. The van der Waals surface area contributed by atoms with Gasteiger partial charge in [-0.2, -0.15) is 13.1 Å². The molecule has 0 aliphatic heterocycles. The molecule has 1 aromatic rings. The van der Waals surface area contributed by atoms with Gasteiger partial charge in [-0.05, 0) is 0 Å². The second kappa shape index (κ2) is 4.45. The topological polar surface area (TPSA) is 117 Å². The number of nitrogens with zero attached hydrogens (tertiary/aromatic N) is 2. The predicted octanol–water partition coefficient (Wildman–Crippen LogP) is -1.15. The quantitative estimate of drug-likeness (QED) is 0.388. The summed E-state index contributed by atoms with van der Waals surface area (Å²) in [4.78, 5) is 3.44. The molecule has 0 radical (unpaired) electrons. The van der Waals surface area contributed by atoms with Gasteiger partial charge in [0.25, 0.3) is 0 Å². The van der Waals surface area contributed by atoms with Gasteiger partial charge >= 0.3 is 21.0 Å². The summed E-state index contributed by atoms with van der Waals surface area (Å²) in [5.74, 6) is -1.12. The summed E-state index contributed by atoms with van der Waals surface area (Å²) in [5, 5.41) is 10.5. The average molecular weight is 282 g/mol. The average Bonchev–Trinajstić information content (AvgIpc) is 2.14. The van der Waals surface area contributed by atoms with Crippen molar-refractivity contribution in [3.05, 3.63) is 17.6 Å². The van der Waals surface area contributed by atoms with E-state index < -0.39 is 30.9 Å². The SMILES string of the molecule is CCS(=O)(=O)c1c(OS(C)(=O)=O)ncc[n+]1[O-]. The molecule has 0 amide bonds. The minimum atomic E-state index is -3.96. The van der Waals surface area contributed by atoms with Gasteiger partial charge in [0.1, 0.15) is 0 Å². The first-order chi connectivity index (χ1) is 7.67. The lowest BCUT2D eigenvalue weighted by atomic mass is 10.7. The zero-order valence-corrected chi connectivity index (χ0v) is 10.7. The van der Waals surface area contributed by atoms with Crippen LogP contribution in [0.4, 0.5) is 0 Å². The molecule has 0 unspecified atom stereocenters. The highest BCUT2D eigenvalue weighted by Gasteiger charge is 2.31. The highest BCUT2D eigenvalue weighted by molar-refractivity contribution is 7.91. The predicted molar refractivity (Wildman–Crippen MR) is 56.4 cm³/mol. The van der Waals surface area contributed by atoms with Gasteiger partial charge in [-0.25, -0.2) is 13.4 Å². The van der Waals surface area contributed by atoms with E-state index in [0.717, 1.165) is 18.6 Å². The molecule has 1 heterocycles. The van der Waals surface area contributed by atoms with Crippen LogP contribution < -0.4 is 8.91 Å². The third-order valence-corrected chi connectivity index (χ3v) is 3.85. The van der Waals surface area contributed by atoms with E-state index in [1.165, 1.54) is 6.92 Å². The monoisotopic (exact) mass is 282 g/mol. The van der Waals surface area contributed by atoms with E-state index in [0.29, 0.717) is 0 Å². The molecule has 1 rings (SSSR count). The molecule has 0 N–H and O–H groups in total. The standard InChI is InChI=1S/C7H10N2O6S2/c1-3-17(13,14)7-6(15-16(2,11)12)8-4-5-9(7)10/h4-5H,3H2,1-2H3. The van der Waals surface area contributed by atoms with Crippen LogP contribution in [0.15, 0.2) is 17.4 Å². The molecule has 0 bridgehead atoms. The number of sulfone groups is 1. The minimum absolute atomic E-state index is 0.00630. The molecular weight excluding hydrogens is 272 g/mol. The van der Waals surface area contributed by atoms with Gasteiger partial charge in [0, 0.05) is 0 Å². The number of aromatic nitrogens is 2. The van der Waals surface area contributed by atoms with Crippen molar-refractivity contribution in [2.75, 3.05) is 12.0 Å². The lowest BCUT2D eigenvalue weighted by molar-refractivity contribution is -0.647. The zero-order chi connectivity index (χ0) is 13.3. The summed E-state index contributed by atoms with van der Waals surface area (Å²) >= 11 is 0. The van der Waals surface area contributed by atoms with Crippen LogP contribution in [0.1, 0.15) is 6.92 Å². The second-order valence-corrected chi connectivity index (χ2v) is 6.82. The van der Waals surface area contributed by atoms with E-state index >= 15 is 0 Å². The summed E-state index contributed by atoms with van der Waals surface area (Å²) in [5.41, 5.74) is 0. The molecule has 1 aromatic heterocycles. The molecule has 96 valence electrons. The van der Waals surface area contributed by atoms with Gasteiger partial charge in [-0.3, -0.25) is 0 Å². The maximum Gasteiger partial charge on any atom is 0.372 e. The van der Waals surface area contributed by atoms with Crippen molar-refractivity contribution >= 4 is 20.0 Å². The van der Waals surface area contributed by atoms with E-state index in [4.69, 9.17) is 0 Å². The maximum atomic E-state index is 11.6. The molecule has 0 aliphatic carbocycles. The van der Waals surface area contributed by atoms with Crippen LogP contribution in [0.3, 0.4) is 0 Å². The van der Waals surface area contributed by atoms with Crippen LogP contribution >= 0.6 is 0 Å². The normalized spacial score (nSPS) is 12.4. The summed E-state index contributed by atoms with van der Waals surface area (Å²) < 4.78 is 49.4. The van der Waals surface area contributed by atoms with E-state index in [9.17, 15) is 22.0 Å². The van der Waals surface area contributed by atoms with Crippen LogP contribution in [0.25, 0.3) is 0 Å². The number of hydrogen-bond donors (Lipinski definition) is 0. The third kappa shape index (κ3) is 3.27. The zero-order valence-electron chi connectivity index (χ0n) is 9.02. The Balaban J connectivity index is 3.49. The third-order valence-electron chi connectivity index (χ3n) is 1.68. The largest absolute Gasteiger partial charge is 0.618 e. The Morgan fingerprint density at radius 2 is 2.00 bits per heavy atom. The lowest BCUT2D eigenvalue weighted by Crippen LogP contribution is -2.35. The molecule has 8 nitrogen and oxygen atoms in total. The number of rotatable bonds is 4. The Morgan fingerprint density at radius 1 is 1.41 bits per heavy atom. The molecule has 10 heteroatoms. The molecular formula is C7H10N2O6S2. The van der Waals surface area contributed by atoms with E-state index in [1.807, 2.05) is 0 Å². The van der Waals surface area contributed by atoms with Crippen LogP contribution in [0.2, 0.25) is 0 Å². The smallest absolute Gasteiger partial charge is 0.372 e. The highest BCUT2D eigenvalue weighted by Crippen LogP contribution is 2.18. The first-order valence-electron chi connectivity index (χ1n) is 4.38. The van der Waals surface area contributed by atoms with Crippen molar-refractivity contribution in [3.8, 4) is 5.88 Å². The maximum absolute atomic E-state index is 11.6. The van der Waals surface area contributed by atoms with Crippen LogP contribution in [-0.2, 0) is 20.0 Å². The number of hydrogen-bond acceptors (Lipinski definition) is 7. The van der Waals surface area contributed by atoms with Gasteiger partial charge in [-0.15, -0.1) is 0 Å². The van der Waals surface area contributed by atoms with Crippen molar-refractivity contribution < 1.29 is 25.7 Å². The Bertz CT molecular complexity index is 622. The highest BCUT2D eigenvalue weighted by atomic mass is 32.2. The van der Waals surface area contributed by atoms with Crippen LogP contribution in [0.5, 0.6) is 5.88 Å². The molecule has 0 saturated carbocycles. The van der Waals surface area contributed by atoms with Gasteiger partial charge in [0.2, 0.25) is 9.84 Å². The Hall–Kier alpha value is -1.42. The van der Waals surface area contributed by atoms with Crippen molar-refractivity contribution in [2.45, 2.75) is 11.9 Å². The van der Waals surface area contributed by atoms with Gasteiger partial charge < -0.3 is 9.39 Å². The minimum Gasteiger partial charge on any atom is -0.618 e. The Labute approximate surface area is 98.5 Å². The van der Waals surface area contributed by atoms with Gasteiger partial charge in [0.15, 0.2) is 6.20 Å². The Kier molecular flexibility index (Phi) is 3.57. The lowest BCUT2D eigenvalue weighted by Gasteiger charge is -2.07.